The van der Waals surface area contributed by atoms with Crippen LogP contribution in [0, 0.1) is 5.92 Å². The molecule has 3 atom stereocenters. The number of sulfonamides is 1. The molecule has 1 aliphatic rings. The number of hydrogen-bond donors (Lipinski definition) is 0. The van der Waals surface area contributed by atoms with Crippen LogP contribution in [0.3, 0.4) is 0 Å². The molecule has 128 valence electrons. The fourth-order valence-corrected chi connectivity index (χ4v) is 4.60. The summed E-state index contributed by atoms with van der Waals surface area (Å²) in [7, 11) is -2.32. The van der Waals surface area contributed by atoms with Gasteiger partial charge in [0, 0.05) is 12.6 Å². The molecule has 0 amide bonds. The van der Waals surface area contributed by atoms with Gasteiger partial charge in [-0.05, 0) is 12.5 Å². The molecule has 0 unspecified atom stereocenters. The third-order valence-corrected chi connectivity index (χ3v) is 6.11. The molecule has 1 fully saturated rings. The number of carbonyl (C=O) groups excluding carboxylic acids is 1. The van der Waals surface area contributed by atoms with Crippen LogP contribution in [-0.4, -0.2) is 50.7 Å². The molecule has 2 rings (SSSR count). The molecule has 0 saturated carbocycles. The molecule has 0 bridgehead atoms. The van der Waals surface area contributed by atoms with Crippen molar-refractivity contribution in [2.75, 3.05) is 26.0 Å². The summed E-state index contributed by atoms with van der Waals surface area (Å²) in [6.07, 6.45) is -0.296. The maximum Gasteiger partial charge on any atom is 0.309 e. The molecular formula is C16H23NO5S. The first-order valence-electron chi connectivity index (χ1n) is 7.59. The van der Waals surface area contributed by atoms with Crippen LogP contribution in [0.5, 0.6) is 0 Å². The summed E-state index contributed by atoms with van der Waals surface area (Å²) in [5, 5.41) is 0. The monoisotopic (exact) mass is 341 g/mol. The second-order valence-corrected chi connectivity index (χ2v) is 7.82. The molecule has 7 heteroatoms. The molecule has 0 radical (unpaired) electrons. The molecule has 0 aliphatic carbocycles. The summed E-state index contributed by atoms with van der Waals surface area (Å²) < 4.78 is 37.2. The Morgan fingerprint density at radius 2 is 2.04 bits per heavy atom. The van der Waals surface area contributed by atoms with Gasteiger partial charge in [0.25, 0.3) is 0 Å². The highest BCUT2D eigenvalue weighted by molar-refractivity contribution is 7.89. The summed E-state index contributed by atoms with van der Waals surface area (Å²) in [6, 6.07) is 9.28. The summed E-state index contributed by atoms with van der Waals surface area (Å²) in [6.45, 7) is 3.94. The zero-order chi connectivity index (χ0) is 17.0. The van der Waals surface area contributed by atoms with E-state index in [-0.39, 0.29) is 24.4 Å². The highest BCUT2D eigenvalue weighted by Crippen LogP contribution is 2.27. The van der Waals surface area contributed by atoms with E-state index in [0.717, 1.165) is 5.56 Å². The van der Waals surface area contributed by atoms with Gasteiger partial charge in [0.2, 0.25) is 10.0 Å². The first kappa shape index (κ1) is 17.9. The van der Waals surface area contributed by atoms with E-state index in [9.17, 15) is 13.2 Å². The van der Waals surface area contributed by atoms with Crippen LogP contribution >= 0.6 is 0 Å². The van der Waals surface area contributed by atoms with Gasteiger partial charge in [-0.1, -0.05) is 37.3 Å². The second-order valence-electron chi connectivity index (χ2n) is 5.85. The van der Waals surface area contributed by atoms with Crippen LogP contribution in [0.25, 0.3) is 0 Å². The van der Waals surface area contributed by atoms with Gasteiger partial charge in [-0.2, -0.15) is 4.31 Å². The average Bonchev–Trinajstić information content (AvgIpc) is 2.54. The molecule has 0 N–H and O–H groups in total. The van der Waals surface area contributed by atoms with Crippen molar-refractivity contribution in [3.63, 3.8) is 0 Å². The minimum Gasteiger partial charge on any atom is -0.469 e. The van der Waals surface area contributed by atoms with E-state index < -0.39 is 21.9 Å². The van der Waals surface area contributed by atoms with E-state index in [0.29, 0.717) is 6.61 Å². The van der Waals surface area contributed by atoms with Gasteiger partial charge < -0.3 is 9.47 Å². The smallest absolute Gasteiger partial charge is 0.309 e. The third kappa shape index (κ3) is 4.31. The molecule has 6 nitrogen and oxygen atoms in total. The molecule has 1 aromatic rings. The fraction of sp³-hybridized carbons (Fsp3) is 0.562. The number of rotatable bonds is 5. The maximum absolute atomic E-state index is 12.7. The van der Waals surface area contributed by atoms with Crippen molar-refractivity contribution in [3.8, 4) is 0 Å². The zero-order valence-corrected chi connectivity index (χ0v) is 14.5. The molecule has 0 spiro atoms. The first-order chi connectivity index (χ1) is 10.8. The first-order valence-corrected chi connectivity index (χ1v) is 9.20. The Kier molecular flexibility index (Phi) is 5.78. The number of carbonyl (C=O) groups is 1. The van der Waals surface area contributed by atoms with E-state index >= 15 is 0 Å². The van der Waals surface area contributed by atoms with E-state index in [1.165, 1.54) is 11.4 Å². The van der Waals surface area contributed by atoms with Gasteiger partial charge in [0.15, 0.2) is 0 Å². The lowest BCUT2D eigenvalue weighted by Crippen LogP contribution is -2.49. The number of morpholine rings is 1. The molecule has 1 heterocycles. The van der Waals surface area contributed by atoms with Crippen LogP contribution in [0.1, 0.15) is 25.5 Å². The van der Waals surface area contributed by atoms with Gasteiger partial charge in [0.1, 0.15) is 0 Å². The van der Waals surface area contributed by atoms with E-state index in [2.05, 4.69) is 4.74 Å². The van der Waals surface area contributed by atoms with Crippen molar-refractivity contribution in [3.05, 3.63) is 35.9 Å². The predicted molar refractivity (Wildman–Crippen MR) is 86.3 cm³/mol. The van der Waals surface area contributed by atoms with Crippen molar-refractivity contribution in [2.24, 2.45) is 5.92 Å². The Bertz CT molecular complexity index is 631. The number of benzene rings is 1. The fourth-order valence-electron chi connectivity index (χ4n) is 2.67. The predicted octanol–water partition coefficient (Wildman–Crippen LogP) is 1.59. The number of ether oxygens (including phenoxy) is 2. The average molecular weight is 341 g/mol. The Hall–Kier alpha value is -1.44. The minimum atomic E-state index is -3.58. The lowest BCUT2D eigenvalue weighted by atomic mass is 10.1. The van der Waals surface area contributed by atoms with Crippen LogP contribution < -0.4 is 0 Å². The van der Waals surface area contributed by atoms with Crippen molar-refractivity contribution in [2.45, 2.75) is 26.0 Å². The second kappa shape index (κ2) is 7.42. The molecular weight excluding hydrogens is 318 g/mol. The van der Waals surface area contributed by atoms with E-state index in [1.54, 1.807) is 6.92 Å². The van der Waals surface area contributed by atoms with Gasteiger partial charge in [-0.15, -0.1) is 0 Å². The van der Waals surface area contributed by atoms with Crippen LogP contribution in [-0.2, 0) is 24.3 Å². The molecule has 1 saturated heterocycles. The quantitative estimate of drug-likeness (QED) is 0.761. The Morgan fingerprint density at radius 3 is 2.65 bits per heavy atom. The number of nitrogens with zero attached hydrogens (tertiary/aromatic N) is 1. The normalized spacial score (nSPS) is 24.1. The number of methoxy groups -OCH3 is 1. The molecule has 23 heavy (non-hydrogen) atoms. The Morgan fingerprint density at radius 1 is 1.39 bits per heavy atom. The largest absolute Gasteiger partial charge is 0.469 e. The molecule has 0 aromatic heterocycles. The van der Waals surface area contributed by atoms with Gasteiger partial charge in [0.05, 0.1) is 31.5 Å². The van der Waals surface area contributed by atoms with Gasteiger partial charge >= 0.3 is 5.97 Å². The summed E-state index contributed by atoms with van der Waals surface area (Å²) in [5.74, 6) is -1.48. The van der Waals surface area contributed by atoms with Gasteiger partial charge in [-0.3, -0.25) is 4.79 Å². The van der Waals surface area contributed by atoms with Crippen molar-refractivity contribution >= 4 is 16.0 Å². The van der Waals surface area contributed by atoms with Crippen LogP contribution in [0.15, 0.2) is 30.3 Å². The van der Waals surface area contributed by atoms with Crippen LogP contribution in [0.2, 0.25) is 0 Å². The molecule has 1 aliphatic heterocycles. The molecule has 1 aromatic carbocycles. The highest BCUT2D eigenvalue weighted by atomic mass is 32.2. The Labute approximate surface area is 137 Å². The van der Waals surface area contributed by atoms with E-state index in [1.807, 2.05) is 37.3 Å². The summed E-state index contributed by atoms with van der Waals surface area (Å²) in [4.78, 5) is 11.5. The number of esters is 1. The lowest BCUT2D eigenvalue weighted by molar-refractivity contribution is -0.144. The standard InChI is InChI=1S/C16H23NO5S/c1-12(16(18)21-3)11-23(19,20)17-9-15(22-10-13(17)2)14-7-5-4-6-8-14/h4-8,12-13,15H,9-11H2,1-3H3/t12-,13-,15-/m1/s1. The SMILES string of the molecule is COC(=O)[C@H](C)CS(=O)(=O)N1C[C@H](c2ccccc2)OC[C@H]1C. The van der Waals surface area contributed by atoms with Crippen molar-refractivity contribution in [1.29, 1.82) is 0 Å². The topological polar surface area (TPSA) is 72.9 Å². The van der Waals surface area contributed by atoms with E-state index in [4.69, 9.17) is 4.74 Å². The number of hydrogen-bond acceptors (Lipinski definition) is 5. The van der Waals surface area contributed by atoms with Gasteiger partial charge in [-0.25, -0.2) is 8.42 Å². The van der Waals surface area contributed by atoms with Crippen LogP contribution in [0.4, 0.5) is 0 Å². The lowest BCUT2D eigenvalue weighted by Gasteiger charge is -2.37. The van der Waals surface area contributed by atoms with Crippen molar-refractivity contribution < 1.29 is 22.7 Å². The summed E-state index contributed by atoms with van der Waals surface area (Å²) >= 11 is 0. The Balaban J connectivity index is 2.14. The van der Waals surface area contributed by atoms with Crippen molar-refractivity contribution in [1.82, 2.24) is 4.31 Å². The third-order valence-electron chi connectivity index (χ3n) is 3.97. The highest BCUT2D eigenvalue weighted by Gasteiger charge is 2.36. The summed E-state index contributed by atoms with van der Waals surface area (Å²) in [5.41, 5.74) is 0.945. The maximum atomic E-state index is 12.7. The zero-order valence-electron chi connectivity index (χ0n) is 13.6. The minimum absolute atomic E-state index is 0.251.